The van der Waals surface area contributed by atoms with E-state index in [1.807, 2.05) is 26.3 Å². The van der Waals surface area contributed by atoms with Gasteiger partial charge in [-0.2, -0.15) is 0 Å². The van der Waals surface area contributed by atoms with Crippen LogP contribution in [0.4, 0.5) is 0 Å². The Kier molecular flexibility index (Phi) is 2.81. The van der Waals surface area contributed by atoms with Gasteiger partial charge >= 0.3 is 0 Å². The first-order valence-electron chi connectivity index (χ1n) is 4.60. The highest BCUT2D eigenvalue weighted by atomic mass is 14.7. The number of nitrogens with zero attached hydrogens (tertiary/aromatic N) is 1. The maximum absolute atomic E-state index is 7.48. The van der Waals surface area contributed by atoms with Gasteiger partial charge in [-0.25, -0.2) is 0 Å². The van der Waals surface area contributed by atoms with Gasteiger partial charge in [-0.15, -0.1) is 0 Å². The molecule has 0 amide bonds. The fraction of sp³-hybridized carbons (Fsp3) is 0.455. The molecule has 0 radical (unpaired) electrons. The second-order valence-corrected chi connectivity index (χ2v) is 3.33. The summed E-state index contributed by atoms with van der Waals surface area (Å²) in [6.07, 6.45) is 8.17. The summed E-state index contributed by atoms with van der Waals surface area (Å²) >= 11 is 0. The molecule has 0 spiro atoms. The molecule has 13 heavy (non-hydrogen) atoms. The Morgan fingerprint density at radius 3 is 2.69 bits per heavy atom. The van der Waals surface area contributed by atoms with Crippen LogP contribution < -0.4 is 0 Å². The van der Waals surface area contributed by atoms with Crippen molar-refractivity contribution in [3.05, 3.63) is 23.4 Å². The summed E-state index contributed by atoms with van der Waals surface area (Å²) in [5.74, 6) is 0. The molecule has 1 rings (SSSR count). The molecule has 2 heteroatoms. The lowest BCUT2D eigenvalue weighted by molar-refractivity contribution is 0.669. The maximum atomic E-state index is 7.48. The summed E-state index contributed by atoms with van der Waals surface area (Å²) < 4.78 is 0. The van der Waals surface area contributed by atoms with E-state index in [0.717, 1.165) is 12.0 Å². The molecule has 1 atom stereocenters. The molecular formula is C11H16N2. The van der Waals surface area contributed by atoms with Crippen molar-refractivity contribution in [3.8, 4) is 0 Å². The molecule has 0 aromatic heterocycles. The lowest BCUT2D eigenvalue weighted by Gasteiger charge is -2.29. The van der Waals surface area contributed by atoms with Gasteiger partial charge < -0.3 is 5.41 Å². The van der Waals surface area contributed by atoms with Gasteiger partial charge in [0, 0.05) is 18.6 Å². The minimum absolute atomic E-state index is 0.256. The minimum atomic E-state index is -0.256. The zero-order chi connectivity index (χ0) is 9.90. The van der Waals surface area contributed by atoms with E-state index in [2.05, 4.69) is 18.0 Å². The molecule has 0 aromatic carbocycles. The van der Waals surface area contributed by atoms with Crippen LogP contribution in [0.2, 0.25) is 0 Å². The van der Waals surface area contributed by atoms with E-state index in [1.165, 1.54) is 11.8 Å². The van der Waals surface area contributed by atoms with Crippen LogP contribution in [0.3, 0.4) is 0 Å². The summed E-state index contributed by atoms with van der Waals surface area (Å²) in [5.41, 5.74) is 2.11. The van der Waals surface area contributed by atoms with E-state index >= 15 is 0 Å². The molecule has 0 aromatic rings. The third kappa shape index (κ3) is 1.48. The summed E-state index contributed by atoms with van der Waals surface area (Å²) in [6, 6.07) is 0. The van der Waals surface area contributed by atoms with Crippen LogP contribution in [0.25, 0.3) is 0 Å². The predicted octanol–water partition coefficient (Wildman–Crippen LogP) is 2.97. The predicted molar refractivity (Wildman–Crippen MR) is 57.5 cm³/mol. The number of hydrogen-bond acceptors (Lipinski definition) is 2. The summed E-state index contributed by atoms with van der Waals surface area (Å²) in [7, 11) is 0. The number of nitrogens with one attached hydrogen (secondary N) is 1. The summed E-state index contributed by atoms with van der Waals surface area (Å²) in [6.45, 7) is 6.14. The molecule has 0 bridgehead atoms. The van der Waals surface area contributed by atoms with Crippen LogP contribution in [0, 0.1) is 10.8 Å². The lowest BCUT2D eigenvalue weighted by Crippen LogP contribution is -2.28. The number of aliphatic imine (C=N–C) groups is 1. The molecule has 0 saturated carbocycles. The second kappa shape index (κ2) is 3.69. The SMILES string of the molecule is C/C=C1\C(C)=CN=CC1(C=N)CC. The van der Waals surface area contributed by atoms with Crippen molar-refractivity contribution in [2.75, 3.05) is 0 Å². The Balaban J connectivity index is 3.20. The second-order valence-electron chi connectivity index (χ2n) is 3.33. The molecule has 0 aliphatic carbocycles. The topological polar surface area (TPSA) is 36.2 Å². The standard InChI is InChI=1S/C11H16N2/c1-4-10-9(3)6-13-8-11(10,5-2)7-12/h4,6-8,12H,5H2,1-3H3/b10-4+,12-7?. The Hall–Kier alpha value is -1.18. The van der Waals surface area contributed by atoms with Crippen molar-refractivity contribution >= 4 is 12.4 Å². The highest BCUT2D eigenvalue weighted by molar-refractivity contribution is 5.94. The Morgan fingerprint density at radius 2 is 2.31 bits per heavy atom. The highest BCUT2D eigenvalue weighted by Crippen LogP contribution is 2.34. The summed E-state index contributed by atoms with van der Waals surface area (Å²) in [4.78, 5) is 4.17. The van der Waals surface area contributed by atoms with Crippen molar-refractivity contribution in [1.29, 1.82) is 5.41 Å². The molecule has 70 valence electrons. The average molecular weight is 176 g/mol. The van der Waals surface area contributed by atoms with Crippen molar-refractivity contribution < 1.29 is 0 Å². The van der Waals surface area contributed by atoms with E-state index in [-0.39, 0.29) is 5.41 Å². The Morgan fingerprint density at radius 1 is 1.62 bits per heavy atom. The third-order valence-corrected chi connectivity index (χ3v) is 2.63. The molecule has 1 heterocycles. The molecule has 1 unspecified atom stereocenters. The third-order valence-electron chi connectivity index (χ3n) is 2.63. The highest BCUT2D eigenvalue weighted by Gasteiger charge is 2.30. The number of allylic oxidation sites excluding steroid dienone is 3. The first kappa shape index (κ1) is 9.90. The lowest BCUT2D eigenvalue weighted by atomic mass is 9.75. The molecule has 2 nitrogen and oxygen atoms in total. The fourth-order valence-corrected chi connectivity index (χ4v) is 1.78. The van der Waals surface area contributed by atoms with Crippen LogP contribution >= 0.6 is 0 Å². The minimum Gasteiger partial charge on any atom is -0.312 e. The van der Waals surface area contributed by atoms with Crippen molar-refractivity contribution in [2.45, 2.75) is 27.2 Å². The van der Waals surface area contributed by atoms with Crippen molar-refractivity contribution in [1.82, 2.24) is 0 Å². The van der Waals surface area contributed by atoms with Gasteiger partial charge in [0.15, 0.2) is 0 Å². The van der Waals surface area contributed by atoms with Crippen LogP contribution in [-0.4, -0.2) is 12.4 Å². The quantitative estimate of drug-likeness (QED) is 0.628. The molecule has 1 aliphatic rings. The monoisotopic (exact) mass is 176 g/mol. The van der Waals surface area contributed by atoms with E-state index in [4.69, 9.17) is 5.41 Å². The van der Waals surface area contributed by atoms with Crippen LogP contribution in [0.5, 0.6) is 0 Å². The normalized spacial score (nSPS) is 30.4. The maximum Gasteiger partial charge on any atom is 0.0647 e. The molecule has 0 saturated heterocycles. The van der Waals surface area contributed by atoms with Gasteiger partial charge in [-0.3, -0.25) is 4.99 Å². The van der Waals surface area contributed by atoms with Crippen LogP contribution in [-0.2, 0) is 0 Å². The van der Waals surface area contributed by atoms with E-state index < -0.39 is 0 Å². The van der Waals surface area contributed by atoms with Gasteiger partial charge in [0.05, 0.1) is 5.41 Å². The van der Waals surface area contributed by atoms with E-state index in [9.17, 15) is 0 Å². The first-order chi connectivity index (χ1) is 6.20. The van der Waals surface area contributed by atoms with Crippen LogP contribution in [0.1, 0.15) is 27.2 Å². The fourth-order valence-electron chi connectivity index (χ4n) is 1.78. The Bertz CT molecular complexity index is 297. The van der Waals surface area contributed by atoms with Gasteiger partial charge in [-0.05, 0) is 31.4 Å². The van der Waals surface area contributed by atoms with E-state index in [1.54, 1.807) is 0 Å². The first-order valence-corrected chi connectivity index (χ1v) is 4.60. The largest absolute Gasteiger partial charge is 0.312 e. The van der Waals surface area contributed by atoms with Crippen LogP contribution in [0.15, 0.2) is 28.4 Å². The van der Waals surface area contributed by atoms with Gasteiger partial charge in [-0.1, -0.05) is 13.0 Å². The molecule has 1 aliphatic heterocycles. The average Bonchev–Trinajstić information content (AvgIpc) is 2.17. The zero-order valence-corrected chi connectivity index (χ0v) is 8.46. The molecular weight excluding hydrogens is 160 g/mol. The molecule has 0 fully saturated rings. The number of hydrogen-bond donors (Lipinski definition) is 1. The van der Waals surface area contributed by atoms with Gasteiger partial charge in [0.2, 0.25) is 0 Å². The van der Waals surface area contributed by atoms with E-state index in [0.29, 0.717) is 0 Å². The summed E-state index contributed by atoms with van der Waals surface area (Å²) in [5, 5.41) is 7.48. The van der Waals surface area contributed by atoms with Gasteiger partial charge in [0.1, 0.15) is 0 Å². The van der Waals surface area contributed by atoms with Crippen molar-refractivity contribution in [2.24, 2.45) is 10.4 Å². The smallest absolute Gasteiger partial charge is 0.0647 e. The zero-order valence-electron chi connectivity index (χ0n) is 8.46. The van der Waals surface area contributed by atoms with Crippen molar-refractivity contribution in [3.63, 3.8) is 0 Å². The van der Waals surface area contributed by atoms with Gasteiger partial charge in [0.25, 0.3) is 0 Å². The molecule has 1 N–H and O–H groups in total. The Labute approximate surface area is 79.6 Å². The number of rotatable bonds is 2.